The Bertz CT molecular complexity index is 873. The zero-order chi connectivity index (χ0) is 17.8. The van der Waals surface area contributed by atoms with Gasteiger partial charge in [-0.3, -0.25) is 4.90 Å². The van der Waals surface area contributed by atoms with E-state index in [4.69, 9.17) is 32.7 Å². The second kappa shape index (κ2) is 5.71. The maximum absolute atomic E-state index is 12.9. The SMILES string of the molecule is COc1ccc(Cl)cc1N1C(=O)NC2CC1(C)Oc1ccc(Cl)cc12. The van der Waals surface area contributed by atoms with Crippen molar-refractivity contribution < 1.29 is 14.3 Å². The van der Waals surface area contributed by atoms with Crippen LogP contribution in [0.5, 0.6) is 11.5 Å². The van der Waals surface area contributed by atoms with Gasteiger partial charge in [0.2, 0.25) is 0 Å². The molecule has 2 bridgehead atoms. The van der Waals surface area contributed by atoms with Crippen LogP contribution in [0.1, 0.15) is 24.9 Å². The highest BCUT2D eigenvalue weighted by Gasteiger charge is 2.50. The first-order chi connectivity index (χ1) is 11.9. The quantitative estimate of drug-likeness (QED) is 0.818. The minimum atomic E-state index is -0.869. The lowest BCUT2D eigenvalue weighted by molar-refractivity contribution is 0.0375. The molecule has 0 saturated carbocycles. The number of anilines is 1. The fourth-order valence-corrected chi connectivity index (χ4v) is 3.89. The van der Waals surface area contributed by atoms with E-state index < -0.39 is 5.72 Å². The normalized spacial score (nSPS) is 24.2. The van der Waals surface area contributed by atoms with Gasteiger partial charge >= 0.3 is 6.03 Å². The molecule has 2 atom stereocenters. The van der Waals surface area contributed by atoms with Crippen molar-refractivity contribution in [3.63, 3.8) is 0 Å². The van der Waals surface area contributed by atoms with Crippen LogP contribution in [0.4, 0.5) is 10.5 Å². The fourth-order valence-electron chi connectivity index (χ4n) is 3.55. The lowest BCUT2D eigenvalue weighted by Gasteiger charge is -2.50. The first kappa shape index (κ1) is 16.4. The Morgan fingerprint density at radius 1 is 1.24 bits per heavy atom. The molecule has 1 fully saturated rings. The molecule has 2 aromatic carbocycles. The molecule has 0 spiro atoms. The number of ether oxygens (including phenoxy) is 2. The van der Waals surface area contributed by atoms with E-state index in [0.717, 1.165) is 5.56 Å². The molecule has 0 aromatic heterocycles. The molecule has 4 rings (SSSR count). The molecule has 0 aliphatic carbocycles. The van der Waals surface area contributed by atoms with E-state index in [1.165, 1.54) is 0 Å². The van der Waals surface area contributed by atoms with Crippen molar-refractivity contribution >= 4 is 34.9 Å². The smallest absolute Gasteiger partial charge is 0.325 e. The summed E-state index contributed by atoms with van der Waals surface area (Å²) in [5.41, 5.74) is 0.577. The number of amides is 2. The van der Waals surface area contributed by atoms with Crippen LogP contribution in [-0.4, -0.2) is 18.9 Å². The minimum absolute atomic E-state index is 0.165. The number of hydrogen-bond acceptors (Lipinski definition) is 3. The summed E-state index contributed by atoms with van der Waals surface area (Å²) in [6, 6.07) is 10.1. The number of nitrogens with zero attached hydrogens (tertiary/aromatic N) is 1. The van der Waals surface area contributed by atoms with Gasteiger partial charge < -0.3 is 14.8 Å². The van der Waals surface area contributed by atoms with Crippen LogP contribution in [0.2, 0.25) is 10.0 Å². The van der Waals surface area contributed by atoms with E-state index in [2.05, 4.69) is 5.32 Å². The standard InChI is InChI=1S/C18H16Cl2N2O3/c1-18-9-13(12-7-10(19)3-5-15(12)25-18)21-17(23)22(18)14-8-11(20)4-6-16(14)24-2/h3-8,13H,9H2,1-2H3,(H,21,23). The summed E-state index contributed by atoms with van der Waals surface area (Å²) in [5.74, 6) is 1.25. The van der Waals surface area contributed by atoms with E-state index >= 15 is 0 Å². The summed E-state index contributed by atoms with van der Waals surface area (Å²) >= 11 is 12.2. The summed E-state index contributed by atoms with van der Waals surface area (Å²) in [6.07, 6.45) is 0.571. The Morgan fingerprint density at radius 2 is 1.96 bits per heavy atom. The number of carbonyl (C=O) groups is 1. The molecule has 0 radical (unpaired) electrons. The van der Waals surface area contributed by atoms with Gasteiger partial charge in [0.05, 0.1) is 18.8 Å². The van der Waals surface area contributed by atoms with Crippen LogP contribution in [0, 0.1) is 0 Å². The number of hydrogen-bond donors (Lipinski definition) is 1. The lowest BCUT2D eigenvalue weighted by Crippen LogP contribution is -2.65. The number of urea groups is 1. The lowest BCUT2D eigenvalue weighted by atomic mass is 9.90. The Kier molecular flexibility index (Phi) is 3.74. The van der Waals surface area contributed by atoms with Crippen molar-refractivity contribution in [1.82, 2.24) is 5.32 Å². The third kappa shape index (κ3) is 2.58. The van der Waals surface area contributed by atoms with E-state index in [-0.39, 0.29) is 12.1 Å². The monoisotopic (exact) mass is 378 g/mol. The van der Waals surface area contributed by atoms with Crippen molar-refractivity contribution in [2.75, 3.05) is 12.0 Å². The van der Waals surface area contributed by atoms with Crippen LogP contribution in [-0.2, 0) is 0 Å². The summed E-state index contributed by atoms with van der Waals surface area (Å²) in [4.78, 5) is 14.5. The average Bonchev–Trinajstić information content (AvgIpc) is 2.55. The van der Waals surface area contributed by atoms with Crippen molar-refractivity contribution in [1.29, 1.82) is 0 Å². The van der Waals surface area contributed by atoms with E-state index in [9.17, 15) is 4.79 Å². The van der Waals surface area contributed by atoms with Crippen molar-refractivity contribution in [2.45, 2.75) is 25.1 Å². The molecule has 2 aliphatic rings. The van der Waals surface area contributed by atoms with Gasteiger partial charge in [-0.15, -0.1) is 0 Å². The van der Waals surface area contributed by atoms with Gasteiger partial charge in [0.15, 0.2) is 5.72 Å². The fraction of sp³-hybridized carbons (Fsp3) is 0.278. The predicted molar refractivity (Wildman–Crippen MR) is 96.9 cm³/mol. The Labute approximate surface area is 155 Å². The molecule has 5 nitrogen and oxygen atoms in total. The van der Waals surface area contributed by atoms with Crippen molar-refractivity contribution in [2.24, 2.45) is 0 Å². The molecule has 2 unspecified atom stereocenters. The van der Waals surface area contributed by atoms with E-state index in [1.807, 2.05) is 19.1 Å². The first-order valence-corrected chi connectivity index (χ1v) is 8.59. The van der Waals surface area contributed by atoms with Gasteiger partial charge in [-0.25, -0.2) is 4.79 Å². The average molecular weight is 379 g/mol. The minimum Gasteiger partial charge on any atom is -0.495 e. The predicted octanol–water partition coefficient (Wildman–Crippen LogP) is 4.77. The molecule has 1 N–H and O–H groups in total. The van der Waals surface area contributed by atoms with Crippen LogP contribution < -0.4 is 19.7 Å². The summed E-state index contributed by atoms with van der Waals surface area (Å²) in [5, 5.41) is 4.15. The highest BCUT2D eigenvalue weighted by molar-refractivity contribution is 6.31. The Hall–Kier alpha value is -2.11. The molecule has 2 heterocycles. The number of fused-ring (bicyclic) bond motifs is 4. The number of rotatable bonds is 2. The zero-order valence-corrected chi connectivity index (χ0v) is 15.2. The van der Waals surface area contributed by atoms with E-state index in [1.54, 1.807) is 36.3 Å². The van der Waals surface area contributed by atoms with Gasteiger partial charge in [-0.2, -0.15) is 0 Å². The Morgan fingerprint density at radius 3 is 2.72 bits per heavy atom. The molecule has 2 aromatic rings. The van der Waals surface area contributed by atoms with Gasteiger partial charge in [-0.1, -0.05) is 23.2 Å². The number of carbonyl (C=O) groups excluding carboxylic acids is 1. The maximum Gasteiger partial charge on any atom is 0.325 e. The summed E-state index contributed by atoms with van der Waals surface area (Å²) < 4.78 is 11.6. The molecule has 7 heteroatoms. The third-order valence-electron chi connectivity index (χ3n) is 4.62. The first-order valence-electron chi connectivity index (χ1n) is 7.84. The number of methoxy groups -OCH3 is 1. The zero-order valence-electron chi connectivity index (χ0n) is 13.7. The third-order valence-corrected chi connectivity index (χ3v) is 5.09. The highest BCUT2D eigenvalue weighted by Crippen LogP contribution is 2.48. The number of halogens is 2. The van der Waals surface area contributed by atoms with Crippen LogP contribution >= 0.6 is 23.2 Å². The molecule has 130 valence electrons. The topological polar surface area (TPSA) is 50.8 Å². The van der Waals surface area contributed by atoms with Crippen LogP contribution in [0.15, 0.2) is 36.4 Å². The second-order valence-electron chi connectivity index (χ2n) is 6.32. The Balaban J connectivity index is 1.83. The molecule has 2 amide bonds. The van der Waals surface area contributed by atoms with Crippen LogP contribution in [0.25, 0.3) is 0 Å². The summed E-state index contributed by atoms with van der Waals surface area (Å²) in [7, 11) is 1.55. The van der Waals surface area contributed by atoms with E-state index in [0.29, 0.717) is 33.7 Å². The number of benzene rings is 2. The second-order valence-corrected chi connectivity index (χ2v) is 7.19. The molecular weight excluding hydrogens is 363 g/mol. The van der Waals surface area contributed by atoms with Gasteiger partial charge in [0.1, 0.15) is 11.5 Å². The van der Waals surface area contributed by atoms with Crippen molar-refractivity contribution in [3.8, 4) is 11.5 Å². The largest absolute Gasteiger partial charge is 0.495 e. The molecular formula is C18H16Cl2N2O3. The van der Waals surface area contributed by atoms with Gasteiger partial charge in [-0.05, 0) is 43.3 Å². The van der Waals surface area contributed by atoms with Crippen molar-refractivity contribution in [3.05, 3.63) is 52.0 Å². The summed E-state index contributed by atoms with van der Waals surface area (Å²) in [6.45, 7) is 1.89. The molecule has 25 heavy (non-hydrogen) atoms. The van der Waals surface area contributed by atoms with Crippen LogP contribution in [0.3, 0.4) is 0 Å². The highest BCUT2D eigenvalue weighted by atomic mass is 35.5. The molecule has 2 aliphatic heterocycles. The van der Waals surface area contributed by atoms with Gasteiger partial charge in [0.25, 0.3) is 0 Å². The number of nitrogens with one attached hydrogen (secondary N) is 1. The van der Waals surface area contributed by atoms with Gasteiger partial charge in [0, 0.05) is 22.0 Å². The molecule has 1 saturated heterocycles. The maximum atomic E-state index is 12.9.